The zero-order valence-corrected chi connectivity index (χ0v) is 10.5. The second kappa shape index (κ2) is 5.80. The monoisotopic (exact) mass is 245 g/mol. The Morgan fingerprint density at radius 3 is 2.59 bits per heavy atom. The Kier molecular flexibility index (Phi) is 4.12. The summed E-state index contributed by atoms with van der Waals surface area (Å²) < 4.78 is 0. The normalized spacial score (nSPS) is 12.4. The van der Waals surface area contributed by atoms with Crippen molar-refractivity contribution in [2.75, 3.05) is 0 Å². The molecule has 2 aromatic rings. The van der Waals surface area contributed by atoms with Gasteiger partial charge in [-0.2, -0.15) is 0 Å². The predicted octanol–water partition coefficient (Wildman–Crippen LogP) is 2.52. The van der Waals surface area contributed by atoms with Crippen molar-refractivity contribution in [2.45, 2.75) is 29.4 Å². The van der Waals surface area contributed by atoms with Crippen molar-refractivity contribution in [3.8, 4) is 0 Å². The zero-order chi connectivity index (χ0) is 12.1. The van der Waals surface area contributed by atoms with Gasteiger partial charge in [-0.05, 0) is 37.1 Å². The quantitative estimate of drug-likeness (QED) is 0.899. The Hall–Kier alpha value is -1.39. The van der Waals surface area contributed by atoms with Crippen LogP contribution in [-0.2, 0) is 6.42 Å². The van der Waals surface area contributed by atoms with Crippen molar-refractivity contribution in [2.24, 2.45) is 5.73 Å². The van der Waals surface area contributed by atoms with Crippen molar-refractivity contribution < 1.29 is 0 Å². The molecule has 0 aliphatic carbocycles. The first kappa shape index (κ1) is 12.1. The summed E-state index contributed by atoms with van der Waals surface area (Å²) in [4.78, 5) is 8.64. The first-order chi connectivity index (χ1) is 8.24. The average molecular weight is 245 g/mol. The SMILES string of the molecule is CC(N)Cc1ccc(Sc2ccccn2)nc1. The molecule has 1 atom stereocenters. The third-order valence-corrected chi connectivity index (χ3v) is 3.10. The van der Waals surface area contributed by atoms with Gasteiger partial charge in [-0.1, -0.05) is 23.9 Å². The molecule has 0 spiro atoms. The molecule has 0 saturated heterocycles. The Morgan fingerprint density at radius 1 is 1.18 bits per heavy atom. The summed E-state index contributed by atoms with van der Waals surface area (Å²) in [6.07, 6.45) is 4.53. The maximum absolute atomic E-state index is 5.74. The molecule has 0 aromatic carbocycles. The number of rotatable bonds is 4. The molecule has 2 N–H and O–H groups in total. The summed E-state index contributed by atoms with van der Waals surface area (Å²) in [5, 5.41) is 1.91. The lowest BCUT2D eigenvalue weighted by Crippen LogP contribution is -2.17. The number of hydrogen-bond donors (Lipinski definition) is 1. The van der Waals surface area contributed by atoms with Crippen LogP contribution in [0, 0.1) is 0 Å². The van der Waals surface area contributed by atoms with E-state index in [1.54, 1.807) is 18.0 Å². The van der Waals surface area contributed by atoms with Crippen molar-refractivity contribution in [1.29, 1.82) is 0 Å². The molecule has 0 saturated carbocycles. The number of pyridine rings is 2. The van der Waals surface area contributed by atoms with E-state index in [1.165, 1.54) is 5.56 Å². The van der Waals surface area contributed by atoms with Crippen molar-refractivity contribution >= 4 is 11.8 Å². The van der Waals surface area contributed by atoms with Crippen LogP contribution in [0.1, 0.15) is 12.5 Å². The average Bonchev–Trinajstić information content (AvgIpc) is 2.32. The fourth-order valence-electron chi connectivity index (χ4n) is 1.48. The van der Waals surface area contributed by atoms with E-state index >= 15 is 0 Å². The van der Waals surface area contributed by atoms with Crippen LogP contribution in [0.4, 0.5) is 0 Å². The van der Waals surface area contributed by atoms with Crippen molar-refractivity contribution in [1.82, 2.24) is 9.97 Å². The van der Waals surface area contributed by atoms with E-state index in [-0.39, 0.29) is 6.04 Å². The maximum Gasteiger partial charge on any atom is 0.102 e. The molecule has 2 heterocycles. The number of nitrogens with zero attached hydrogens (tertiary/aromatic N) is 2. The second-order valence-electron chi connectivity index (χ2n) is 3.96. The van der Waals surface area contributed by atoms with E-state index in [1.807, 2.05) is 37.4 Å². The van der Waals surface area contributed by atoms with E-state index in [2.05, 4.69) is 16.0 Å². The van der Waals surface area contributed by atoms with Crippen LogP contribution < -0.4 is 5.73 Å². The minimum atomic E-state index is 0.172. The van der Waals surface area contributed by atoms with Crippen LogP contribution in [0.3, 0.4) is 0 Å². The van der Waals surface area contributed by atoms with Crippen LogP contribution >= 0.6 is 11.8 Å². The molecule has 0 aliphatic heterocycles. The molecule has 2 aromatic heterocycles. The highest BCUT2D eigenvalue weighted by Crippen LogP contribution is 2.23. The van der Waals surface area contributed by atoms with Gasteiger partial charge in [-0.25, -0.2) is 9.97 Å². The third-order valence-electron chi connectivity index (χ3n) is 2.20. The van der Waals surface area contributed by atoms with Gasteiger partial charge in [0.25, 0.3) is 0 Å². The minimum Gasteiger partial charge on any atom is -0.328 e. The third kappa shape index (κ3) is 3.84. The minimum absolute atomic E-state index is 0.172. The number of nitrogens with two attached hydrogens (primary N) is 1. The smallest absolute Gasteiger partial charge is 0.102 e. The summed E-state index contributed by atoms with van der Waals surface area (Å²) in [6.45, 7) is 2.00. The lowest BCUT2D eigenvalue weighted by Gasteiger charge is -2.05. The molecule has 0 fully saturated rings. The standard InChI is InChI=1S/C13H15N3S/c1-10(14)8-11-5-6-13(16-9-11)17-12-4-2-3-7-15-12/h2-7,9-10H,8,14H2,1H3. The fourth-order valence-corrected chi connectivity index (χ4v) is 2.19. The Balaban J connectivity index is 2.03. The van der Waals surface area contributed by atoms with Gasteiger partial charge >= 0.3 is 0 Å². The van der Waals surface area contributed by atoms with Crippen LogP contribution in [0.5, 0.6) is 0 Å². The van der Waals surface area contributed by atoms with E-state index in [4.69, 9.17) is 5.73 Å². The van der Waals surface area contributed by atoms with Crippen LogP contribution in [-0.4, -0.2) is 16.0 Å². The van der Waals surface area contributed by atoms with E-state index in [0.29, 0.717) is 0 Å². The van der Waals surface area contributed by atoms with Gasteiger partial charge in [-0.15, -0.1) is 0 Å². The highest BCUT2D eigenvalue weighted by molar-refractivity contribution is 7.99. The van der Waals surface area contributed by atoms with Gasteiger partial charge in [0.15, 0.2) is 0 Å². The molecule has 0 radical (unpaired) electrons. The Bertz CT molecular complexity index is 454. The van der Waals surface area contributed by atoms with E-state index in [9.17, 15) is 0 Å². The molecule has 0 amide bonds. The summed E-state index contributed by atoms with van der Waals surface area (Å²) in [6, 6.07) is 10.1. The molecule has 0 aliphatic rings. The number of aromatic nitrogens is 2. The second-order valence-corrected chi connectivity index (χ2v) is 5.00. The van der Waals surface area contributed by atoms with Gasteiger partial charge in [0.2, 0.25) is 0 Å². The topological polar surface area (TPSA) is 51.8 Å². The van der Waals surface area contributed by atoms with Gasteiger partial charge in [0, 0.05) is 18.4 Å². The molecule has 2 rings (SSSR count). The first-order valence-electron chi connectivity index (χ1n) is 5.53. The zero-order valence-electron chi connectivity index (χ0n) is 9.71. The highest BCUT2D eigenvalue weighted by atomic mass is 32.2. The predicted molar refractivity (Wildman–Crippen MR) is 70.0 cm³/mol. The molecule has 4 heteroatoms. The lowest BCUT2D eigenvalue weighted by molar-refractivity contribution is 0.734. The Morgan fingerprint density at radius 2 is 2.00 bits per heavy atom. The van der Waals surface area contributed by atoms with Crippen LogP contribution in [0.15, 0.2) is 52.8 Å². The lowest BCUT2D eigenvalue weighted by atomic mass is 10.1. The van der Waals surface area contributed by atoms with Gasteiger partial charge < -0.3 is 5.73 Å². The Labute approximate surface area is 105 Å². The van der Waals surface area contributed by atoms with Crippen molar-refractivity contribution in [3.63, 3.8) is 0 Å². The molecule has 1 unspecified atom stereocenters. The van der Waals surface area contributed by atoms with Gasteiger partial charge in [0.1, 0.15) is 10.1 Å². The molecule has 17 heavy (non-hydrogen) atoms. The first-order valence-corrected chi connectivity index (χ1v) is 6.35. The highest BCUT2D eigenvalue weighted by Gasteiger charge is 2.01. The van der Waals surface area contributed by atoms with Crippen molar-refractivity contribution in [3.05, 3.63) is 48.3 Å². The molecule has 3 nitrogen and oxygen atoms in total. The summed E-state index contributed by atoms with van der Waals surface area (Å²) in [5.41, 5.74) is 6.91. The van der Waals surface area contributed by atoms with Gasteiger partial charge in [-0.3, -0.25) is 0 Å². The fraction of sp³-hybridized carbons (Fsp3) is 0.231. The van der Waals surface area contributed by atoms with Crippen LogP contribution in [0.25, 0.3) is 0 Å². The largest absolute Gasteiger partial charge is 0.328 e. The molecule has 88 valence electrons. The molecule has 0 bridgehead atoms. The van der Waals surface area contributed by atoms with Gasteiger partial charge in [0.05, 0.1) is 0 Å². The molecular formula is C13H15N3S. The van der Waals surface area contributed by atoms with Crippen LogP contribution in [0.2, 0.25) is 0 Å². The summed E-state index contributed by atoms with van der Waals surface area (Å²) in [7, 11) is 0. The summed E-state index contributed by atoms with van der Waals surface area (Å²) in [5.74, 6) is 0. The summed E-state index contributed by atoms with van der Waals surface area (Å²) >= 11 is 1.56. The maximum atomic E-state index is 5.74. The number of hydrogen-bond acceptors (Lipinski definition) is 4. The molecular weight excluding hydrogens is 230 g/mol. The van der Waals surface area contributed by atoms with E-state index in [0.717, 1.165) is 16.5 Å². The van der Waals surface area contributed by atoms with E-state index < -0.39 is 0 Å².